The van der Waals surface area contributed by atoms with E-state index in [1.54, 1.807) is 0 Å². The van der Waals surface area contributed by atoms with E-state index in [4.69, 9.17) is 10.8 Å². The first-order valence-electron chi connectivity index (χ1n) is 5.45. The monoisotopic (exact) mass is 208 g/mol. The lowest BCUT2D eigenvalue weighted by atomic mass is 10.0. The van der Waals surface area contributed by atoms with Gasteiger partial charge >= 0.3 is 0 Å². The predicted molar refractivity (Wildman–Crippen MR) is 62.7 cm³/mol. The van der Waals surface area contributed by atoms with Crippen molar-refractivity contribution in [2.24, 2.45) is 5.73 Å². The molecular formula is C12H20N2O. The Hall–Kier alpha value is -0.900. The van der Waals surface area contributed by atoms with Gasteiger partial charge in [0.05, 0.1) is 6.61 Å². The van der Waals surface area contributed by atoms with E-state index >= 15 is 0 Å². The maximum Gasteiger partial charge on any atom is 0.0556 e. The van der Waals surface area contributed by atoms with Crippen LogP contribution in [0.15, 0.2) is 24.3 Å². The second-order valence-corrected chi connectivity index (χ2v) is 3.56. The molecule has 0 spiro atoms. The van der Waals surface area contributed by atoms with E-state index in [0.29, 0.717) is 13.1 Å². The summed E-state index contributed by atoms with van der Waals surface area (Å²) in [6.07, 6.45) is 1.05. The SMILES string of the molecule is CCc1ccc(C(CN)NCCO)cc1. The molecule has 1 aromatic rings. The van der Waals surface area contributed by atoms with Crippen molar-refractivity contribution in [2.75, 3.05) is 19.7 Å². The molecule has 3 heteroatoms. The molecule has 1 rings (SSSR count). The van der Waals surface area contributed by atoms with Crippen molar-refractivity contribution < 1.29 is 5.11 Å². The molecule has 0 fully saturated rings. The minimum atomic E-state index is 0.142. The fourth-order valence-electron chi connectivity index (χ4n) is 1.56. The molecule has 0 bridgehead atoms. The summed E-state index contributed by atoms with van der Waals surface area (Å²) in [7, 11) is 0. The highest BCUT2D eigenvalue weighted by molar-refractivity contribution is 5.25. The number of aliphatic hydroxyl groups is 1. The molecule has 0 aliphatic carbocycles. The van der Waals surface area contributed by atoms with Gasteiger partial charge in [-0.25, -0.2) is 0 Å². The van der Waals surface area contributed by atoms with Crippen LogP contribution in [0.2, 0.25) is 0 Å². The molecular weight excluding hydrogens is 188 g/mol. The van der Waals surface area contributed by atoms with Crippen LogP contribution >= 0.6 is 0 Å². The summed E-state index contributed by atoms with van der Waals surface area (Å²) >= 11 is 0. The fourth-order valence-corrected chi connectivity index (χ4v) is 1.56. The standard InChI is InChI=1S/C12H20N2O/c1-2-10-3-5-11(6-4-10)12(9-13)14-7-8-15/h3-6,12,14-15H,2,7-9,13H2,1H3. The van der Waals surface area contributed by atoms with Crippen LogP contribution in [-0.4, -0.2) is 24.8 Å². The third-order valence-corrected chi connectivity index (χ3v) is 2.53. The first kappa shape index (κ1) is 12.2. The normalized spacial score (nSPS) is 12.7. The van der Waals surface area contributed by atoms with E-state index in [9.17, 15) is 0 Å². The van der Waals surface area contributed by atoms with Crippen LogP contribution in [0, 0.1) is 0 Å². The Morgan fingerprint density at radius 3 is 2.47 bits per heavy atom. The molecule has 1 atom stereocenters. The average molecular weight is 208 g/mol. The minimum absolute atomic E-state index is 0.142. The molecule has 0 heterocycles. The molecule has 0 saturated heterocycles. The summed E-state index contributed by atoms with van der Waals surface area (Å²) in [6.45, 7) is 3.41. The average Bonchev–Trinajstić information content (AvgIpc) is 2.31. The molecule has 3 nitrogen and oxygen atoms in total. The number of nitrogens with two attached hydrogens (primary N) is 1. The number of rotatable bonds is 6. The molecule has 84 valence electrons. The lowest BCUT2D eigenvalue weighted by Crippen LogP contribution is -2.30. The maximum atomic E-state index is 8.74. The van der Waals surface area contributed by atoms with Crippen molar-refractivity contribution in [2.45, 2.75) is 19.4 Å². The third kappa shape index (κ3) is 3.63. The van der Waals surface area contributed by atoms with Crippen molar-refractivity contribution in [3.8, 4) is 0 Å². The van der Waals surface area contributed by atoms with Crippen LogP contribution in [0.5, 0.6) is 0 Å². The van der Waals surface area contributed by atoms with Crippen molar-refractivity contribution in [3.05, 3.63) is 35.4 Å². The quantitative estimate of drug-likeness (QED) is 0.649. The molecule has 4 N–H and O–H groups in total. The largest absolute Gasteiger partial charge is 0.395 e. The van der Waals surface area contributed by atoms with Gasteiger partial charge in [0.2, 0.25) is 0 Å². The number of benzene rings is 1. The summed E-state index contributed by atoms with van der Waals surface area (Å²) in [5.41, 5.74) is 8.19. The Morgan fingerprint density at radius 1 is 1.33 bits per heavy atom. The van der Waals surface area contributed by atoms with Gasteiger partial charge in [-0.05, 0) is 17.5 Å². The zero-order valence-electron chi connectivity index (χ0n) is 9.24. The summed E-state index contributed by atoms with van der Waals surface area (Å²) in [5, 5.41) is 11.9. The zero-order chi connectivity index (χ0) is 11.1. The first-order valence-corrected chi connectivity index (χ1v) is 5.45. The van der Waals surface area contributed by atoms with Gasteiger partial charge in [0.25, 0.3) is 0 Å². The third-order valence-electron chi connectivity index (χ3n) is 2.53. The number of aliphatic hydroxyl groups excluding tert-OH is 1. The number of hydrogen-bond acceptors (Lipinski definition) is 3. The summed E-state index contributed by atoms with van der Waals surface area (Å²) < 4.78 is 0. The Morgan fingerprint density at radius 2 is 2.00 bits per heavy atom. The van der Waals surface area contributed by atoms with Gasteiger partial charge in [-0.1, -0.05) is 31.2 Å². The van der Waals surface area contributed by atoms with E-state index in [2.05, 4.69) is 36.5 Å². The van der Waals surface area contributed by atoms with E-state index in [0.717, 1.165) is 6.42 Å². The maximum absolute atomic E-state index is 8.74. The smallest absolute Gasteiger partial charge is 0.0556 e. The molecule has 1 unspecified atom stereocenters. The van der Waals surface area contributed by atoms with Crippen molar-refractivity contribution in [1.29, 1.82) is 0 Å². The van der Waals surface area contributed by atoms with Gasteiger partial charge in [-0.15, -0.1) is 0 Å². The molecule has 1 aromatic carbocycles. The molecule has 0 saturated carbocycles. The molecule has 15 heavy (non-hydrogen) atoms. The van der Waals surface area contributed by atoms with E-state index in [1.807, 2.05) is 0 Å². The van der Waals surface area contributed by atoms with Crippen molar-refractivity contribution in [1.82, 2.24) is 5.32 Å². The van der Waals surface area contributed by atoms with E-state index in [-0.39, 0.29) is 12.6 Å². The van der Waals surface area contributed by atoms with Crippen LogP contribution < -0.4 is 11.1 Å². The molecule has 0 aliphatic rings. The van der Waals surface area contributed by atoms with Crippen molar-refractivity contribution in [3.63, 3.8) is 0 Å². The number of aryl methyl sites for hydroxylation is 1. The molecule has 0 aliphatic heterocycles. The highest BCUT2D eigenvalue weighted by Gasteiger charge is 2.07. The van der Waals surface area contributed by atoms with Crippen LogP contribution in [0.25, 0.3) is 0 Å². The highest BCUT2D eigenvalue weighted by atomic mass is 16.3. The molecule has 0 amide bonds. The summed E-state index contributed by atoms with van der Waals surface area (Å²) in [6, 6.07) is 8.58. The van der Waals surface area contributed by atoms with Crippen molar-refractivity contribution >= 4 is 0 Å². The molecule has 0 radical (unpaired) electrons. The zero-order valence-corrected chi connectivity index (χ0v) is 9.24. The second kappa shape index (κ2) is 6.56. The predicted octanol–water partition coefficient (Wildman–Crippen LogP) is 0.831. The Kier molecular flexibility index (Phi) is 5.32. The number of hydrogen-bond donors (Lipinski definition) is 3. The Bertz CT molecular complexity index is 271. The van der Waals surface area contributed by atoms with Crippen LogP contribution in [-0.2, 0) is 6.42 Å². The first-order chi connectivity index (χ1) is 7.31. The second-order valence-electron chi connectivity index (χ2n) is 3.56. The number of nitrogens with one attached hydrogen (secondary N) is 1. The van der Waals surface area contributed by atoms with Gasteiger partial charge in [0.15, 0.2) is 0 Å². The molecule has 0 aromatic heterocycles. The topological polar surface area (TPSA) is 58.3 Å². The van der Waals surface area contributed by atoms with Crippen LogP contribution in [0.1, 0.15) is 24.1 Å². The Labute approximate surface area is 91.3 Å². The van der Waals surface area contributed by atoms with Crippen LogP contribution in [0.4, 0.5) is 0 Å². The minimum Gasteiger partial charge on any atom is -0.395 e. The van der Waals surface area contributed by atoms with Gasteiger partial charge in [0.1, 0.15) is 0 Å². The van der Waals surface area contributed by atoms with E-state index in [1.165, 1.54) is 11.1 Å². The lowest BCUT2D eigenvalue weighted by molar-refractivity contribution is 0.285. The van der Waals surface area contributed by atoms with Gasteiger partial charge in [-0.3, -0.25) is 0 Å². The summed E-state index contributed by atoms with van der Waals surface area (Å²) in [4.78, 5) is 0. The highest BCUT2D eigenvalue weighted by Crippen LogP contribution is 2.12. The van der Waals surface area contributed by atoms with E-state index < -0.39 is 0 Å². The van der Waals surface area contributed by atoms with Gasteiger partial charge in [0, 0.05) is 19.1 Å². The van der Waals surface area contributed by atoms with Crippen LogP contribution in [0.3, 0.4) is 0 Å². The Balaban J connectivity index is 2.65. The summed E-state index contributed by atoms with van der Waals surface area (Å²) in [5.74, 6) is 0. The van der Waals surface area contributed by atoms with Gasteiger partial charge in [-0.2, -0.15) is 0 Å². The fraction of sp³-hybridized carbons (Fsp3) is 0.500. The lowest BCUT2D eigenvalue weighted by Gasteiger charge is -2.16. The van der Waals surface area contributed by atoms with Gasteiger partial charge < -0.3 is 16.2 Å².